The van der Waals surface area contributed by atoms with Gasteiger partial charge >= 0.3 is 0 Å². The maximum atomic E-state index is 11.9. The number of nitro benzene ring substituents is 1. The van der Waals surface area contributed by atoms with Crippen LogP contribution >= 0.6 is 23.4 Å². The van der Waals surface area contributed by atoms with Crippen molar-refractivity contribution in [2.75, 3.05) is 12.8 Å². The Morgan fingerprint density at radius 2 is 2.26 bits per heavy atom. The van der Waals surface area contributed by atoms with Crippen LogP contribution in [0, 0.1) is 10.1 Å². The minimum Gasteiger partial charge on any atom is -0.352 e. The number of thioether (sulfide) groups is 1. The zero-order valence-electron chi connectivity index (χ0n) is 10.7. The molecule has 0 spiro atoms. The number of amides is 1. The molecule has 0 aliphatic rings. The van der Waals surface area contributed by atoms with Gasteiger partial charge in [-0.2, -0.15) is 11.8 Å². The van der Waals surface area contributed by atoms with Crippen molar-refractivity contribution in [3.8, 4) is 0 Å². The Bertz CT molecular complexity index is 482. The molecule has 1 rings (SSSR count). The molecule has 0 saturated heterocycles. The van der Waals surface area contributed by atoms with Crippen LogP contribution in [0.1, 0.15) is 23.7 Å². The summed E-state index contributed by atoms with van der Waals surface area (Å²) in [7, 11) is 0. The first-order valence-electron chi connectivity index (χ1n) is 5.71. The van der Waals surface area contributed by atoms with Crippen LogP contribution < -0.4 is 5.32 Å². The van der Waals surface area contributed by atoms with Gasteiger partial charge in [-0.3, -0.25) is 14.9 Å². The van der Waals surface area contributed by atoms with E-state index in [-0.39, 0.29) is 22.2 Å². The monoisotopic (exact) mass is 302 g/mol. The van der Waals surface area contributed by atoms with Gasteiger partial charge in [-0.15, -0.1) is 0 Å². The summed E-state index contributed by atoms with van der Waals surface area (Å²) in [5.74, 6) is -0.387. The Balaban J connectivity index is 2.72. The van der Waals surface area contributed by atoms with Gasteiger partial charge in [-0.05, 0) is 18.7 Å². The largest absolute Gasteiger partial charge is 0.352 e. The van der Waals surface area contributed by atoms with E-state index in [9.17, 15) is 14.9 Å². The highest BCUT2D eigenvalue weighted by molar-refractivity contribution is 7.99. The van der Waals surface area contributed by atoms with E-state index in [1.54, 1.807) is 11.8 Å². The molecule has 0 saturated carbocycles. The number of benzene rings is 1. The summed E-state index contributed by atoms with van der Waals surface area (Å²) in [5, 5.41) is 13.8. The standard InChI is InChI=1S/C12H15ClN2O3S/c1-8(19-2)6-7-14-12(16)9-4-3-5-10(11(9)13)15(17)18/h3-5,8H,6-7H2,1-2H3,(H,14,16). The molecule has 0 aromatic heterocycles. The maximum Gasteiger partial charge on any atom is 0.288 e. The lowest BCUT2D eigenvalue weighted by Gasteiger charge is -2.10. The molecule has 1 amide bonds. The molecular formula is C12H15ClN2O3S. The predicted molar refractivity (Wildman–Crippen MR) is 78.0 cm³/mol. The molecule has 0 bridgehead atoms. The first-order chi connectivity index (χ1) is 8.97. The summed E-state index contributed by atoms with van der Waals surface area (Å²) >= 11 is 7.58. The van der Waals surface area contributed by atoms with Crippen LogP contribution in [0.3, 0.4) is 0 Å². The summed E-state index contributed by atoms with van der Waals surface area (Å²) < 4.78 is 0. The lowest BCUT2D eigenvalue weighted by atomic mass is 10.2. The number of nitro groups is 1. The number of carbonyl (C=O) groups excluding carboxylic acids is 1. The topological polar surface area (TPSA) is 72.2 Å². The Kier molecular flexibility index (Phi) is 6.11. The summed E-state index contributed by atoms with van der Waals surface area (Å²) in [4.78, 5) is 22.0. The molecule has 0 fully saturated rings. The van der Waals surface area contributed by atoms with E-state index in [0.717, 1.165) is 6.42 Å². The number of hydrogen-bond acceptors (Lipinski definition) is 4. The van der Waals surface area contributed by atoms with Crippen LogP contribution in [-0.2, 0) is 0 Å². The van der Waals surface area contributed by atoms with Gasteiger partial charge in [-0.25, -0.2) is 0 Å². The number of rotatable bonds is 6. The Morgan fingerprint density at radius 1 is 1.58 bits per heavy atom. The van der Waals surface area contributed by atoms with Crippen molar-refractivity contribution in [3.05, 3.63) is 38.9 Å². The second kappa shape index (κ2) is 7.35. The summed E-state index contributed by atoms with van der Waals surface area (Å²) in [6.07, 6.45) is 2.84. The van der Waals surface area contributed by atoms with Crippen LogP contribution in [0.15, 0.2) is 18.2 Å². The zero-order valence-corrected chi connectivity index (χ0v) is 12.3. The average molecular weight is 303 g/mol. The van der Waals surface area contributed by atoms with Crippen LogP contribution in [0.4, 0.5) is 5.69 Å². The molecule has 0 radical (unpaired) electrons. The van der Waals surface area contributed by atoms with E-state index in [1.807, 2.05) is 6.26 Å². The second-order valence-electron chi connectivity index (χ2n) is 3.99. The number of nitrogens with one attached hydrogen (secondary N) is 1. The molecule has 19 heavy (non-hydrogen) atoms. The van der Waals surface area contributed by atoms with E-state index < -0.39 is 4.92 Å². The van der Waals surface area contributed by atoms with Crippen molar-refractivity contribution in [3.63, 3.8) is 0 Å². The fourth-order valence-corrected chi connectivity index (χ4v) is 2.07. The van der Waals surface area contributed by atoms with E-state index in [1.165, 1.54) is 18.2 Å². The van der Waals surface area contributed by atoms with Crippen molar-refractivity contribution >= 4 is 35.0 Å². The zero-order chi connectivity index (χ0) is 14.4. The molecule has 5 nitrogen and oxygen atoms in total. The number of halogens is 1. The van der Waals surface area contributed by atoms with Gasteiger partial charge in [0.2, 0.25) is 0 Å². The van der Waals surface area contributed by atoms with Gasteiger partial charge in [0, 0.05) is 17.9 Å². The summed E-state index contributed by atoms with van der Waals surface area (Å²) in [6.45, 7) is 2.58. The maximum absolute atomic E-state index is 11.9. The number of nitrogens with zero attached hydrogens (tertiary/aromatic N) is 1. The highest BCUT2D eigenvalue weighted by Crippen LogP contribution is 2.27. The van der Waals surface area contributed by atoms with Gasteiger partial charge in [-0.1, -0.05) is 24.6 Å². The van der Waals surface area contributed by atoms with Crippen LogP contribution in [0.5, 0.6) is 0 Å². The van der Waals surface area contributed by atoms with Crippen molar-refractivity contribution in [2.24, 2.45) is 0 Å². The minimum atomic E-state index is -0.602. The SMILES string of the molecule is CSC(C)CCNC(=O)c1cccc([N+](=O)[O-])c1Cl. The molecule has 0 heterocycles. The Morgan fingerprint density at radius 3 is 2.84 bits per heavy atom. The first kappa shape index (κ1) is 15.8. The van der Waals surface area contributed by atoms with Gasteiger partial charge in [0.05, 0.1) is 10.5 Å². The first-order valence-corrected chi connectivity index (χ1v) is 7.37. The molecule has 0 aliphatic heterocycles. The molecule has 1 atom stereocenters. The smallest absolute Gasteiger partial charge is 0.288 e. The predicted octanol–water partition coefficient (Wildman–Crippen LogP) is 3.12. The summed E-state index contributed by atoms with van der Waals surface area (Å²) in [5.41, 5.74) is -0.125. The number of hydrogen-bond donors (Lipinski definition) is 1. The van der Waals surface area contributed by atoms with Crippen LogP contribution in [-0.4, -0.2) is 28.9 Å². The van der Waals surface area contributed by atoms with E-state index in [4.69, 9.17) is 11.6 Å². The highest BCUT2D eigenvalue weighted by Gasteiger charge is 2.19. The summed E-state index contributed by atoms with van der Waals surface area (Å²) in [6, 6.07) is 4.20. The van der Waals surface area contributed by atoms with Gasteiger partial charge < -0.3 is 5.32 Å². The highest BCUT2D eigenvalue weighted by atomic mass is 35.5. The van der Waals surface area contributed by atoms with Crippen molar-refractivity contribution in [1.29, 1.82) is 0 Å². The molecule has 7 heteroatoms. The molecule has 0 aliphatic carbocycles. The fourth-order valence-electron chi connectivity index (χ4n) is 1.44. The third-order valence-corrected chi connectivity index (χ3v) is 4.10. The molecule has 104 valence electrons. The van der Waals surface area contributed by atoms with Crippen molar-refractivity contribution in [2.45, 2.75) is 18.6 Å². The molecule has 1 unspecified atom stereocenters. The second-order valence-corrected chi connectivity index (χ2v) is 5.64. The third-order valence-electron chi connectivity index (χ3n) is 2.66. The van der Waals surface area contributed by atoms with Gasteiger partial charge in [0.1, 0.15) is 5.02 Å². The molecular weight excluding hydrogens is 288 g/mol. The molecule has 1 aromatic rings. The van der Waals surface area contributed by atoms with Gasteiger partial charge in [0.15, 0.2) is 0 Å². The lowest BCUT2D eigenvalue weighted by Crippen LogP contribution is -2.26. The molecule has 1 aromatic carbocycles. The van der Waals surface area contributed by atoms with Crippen LogP contribution in [0.2, 0.25) is 5.02 Å². The lowest BCUT2D eigenvalue weighted by molar-refractivity contribution is -0.384. The number of carbonyl (C=O) groups is 1. The van der Waals surface area contributed by atoms with E-state index in [0.29, 0.717) is 11.8 Å². The third kappa shape index (κ3) is 4.40. The van der Waals surface area contributed by atoms with Crippen molar-refractivity contribution < 1.29 is 9.72 Å². The van der Waals surface area contributed by atoms with E-state index >= 15 is 0 Å². The minimum absolute atomic E-state index is 0.122. The fraction of sp³-hybridized carbons (Fsp3) is 0.417. The Labute approximate surface area is 120 Å². The normalized spacial score (nSPS) is 11.9. The van der Waals surface area contributed by atoms with Gasteiger partial charge in [0.25, 0.3) is 11.6 Å². The van der Waals surface area contributed by atoms with Crippen LogP contribution in [0.25, 0.3) is 0 Å². The average Bonchev–Trinajstić information content (AvgIpc) is 2.38. The Hall–Kier alpha value is -1.27. The van der Waals surface area contributed by atoms with E-state index in [2.05, 4.69) is 12.2 Å². The quantitative estimate of drug-likeness (QED) is 0.647. The molecule has 1 N–H and O–H groups in total. The van der Waals surface area contributed by atoms with Crippen molar-refractivity contribution in [1.82, 2.24) is 5.32 Å².